The number of pyridine rings is 1. The average Bonchev–Trinajstić information content (AvgIpc) is 2.47. The van der Waals surface area contributed by atoms with Crippen molar-refractivity contribution < 1.29 is 18.0 Å². The number of urea groups is 1. The van der Waals surface area contributed by atoms with Gasteiger partial charge in [-0.25, -0.2) is 4.79 Å². The fourth-order valence-electron chi connectivity index (χ4n) is 2.57. The van der Waals surface area contributed by atoms with Crippen LogP contribution in [0.15, 0.2) is 18.5 Å². The second-order valence-corrected chi connectivity index (χ2v) is 5.18. The molecule has 0 saturated heterocycles. The first-order chi connectivity index (χ1) is 10.4. The van der Waals surface area contributed by atoms with Crippen molar-refractivity contribution in [2.24, 2.45) is 5.92 Å². The van der Waals surface area contributed by atoms with Crippen LogP contribution < -0.4 is 10.6 Å². The summed E-state index contributed by atoms with van der Waals surface area (Å²) in [5.41, 5.74) is -1.31. The lowest BCUT2D eigenvalue weighted by atomic mass is 9.85. The van der Waals surface area contributed by atoms with Crippen molar-refractivity contribution in [1.29, 1.82) is 0 Å². The van der Waals surface area contributed by atoms with Gasteiger partial charge in [0.1, 0.15) is 0 Å². The summed E-state index contributed by atoms with van der Waals surface area (Å²) in [6.45, 7) is 0. The molecule has 1 aliphatic rings. The highest BCUT2D eigenvalue weighted by atomic mass is 19.4. The van der Waals surface area contributed by atoms with E-state index in [2.05, 4.69) is 21.5 Å². The van der Waals surface area contributed by atoms with Crippen molar-refractivity contribution in [3.63, 3.8) is 0 Å². The summed E-state index contributed by atoms with van der Waals surface area (Å²) in [5.74, 6) is 2.54. The van der Waals surface area contributed by atoms with Gasteiger partial charge in [0.2, 0.25) is 0 Å². The van der Waals surface area contributed by atoms with Crippen LogP contribution in [0, 0.1) is 18.3 Å². The van der Waals surface area contributed by atoms with Gasteiger partial charge in [0.25, 0.3) is 0 Å². The van der Waals surface area contributed by atoms with Crippen molar-refractivity contribution in [2.75, 3.05) is 5.32 Å². The number of nitrogens with one attached hydrogen (secondary N) is 2. The lowest BCUT2D eigenvalue weighted by molar-refractivity contribution is -0.137. The number of halogens is 3. The second-order valence-electron chi connectivity index (χ2n) is 5.18. The van der Waals surface area contributed by atoms with Crippen LogP contribution in [0.1, 0.15) is 31.2 Å². The van der Waals surface area contributed by atoms with Crippen LogP contribution in [0.5, 0.6) is 0 Å². The van der Waals surface area contributed by atoms with Crippen LogP contribution in [0.25, 0.3) is 0 Å². The van der Waals surface area contributed by atoms with Gasteiger partial charge in [0.05, 0.1) is 17.4 Å². The van der Waals surface area contributed by atoms with Gasteiger partial charge >= 0.3 is 12.2 Å². The predicted molar refractivity (Wildman–Crippen MR) is 76.0 cm³/mol. The molecule has 1 aromatic rings. The Kier molecular flexibility index (Phi) is 4.91. The number of rotatable bonds is 2. The maximum absolute atomic E-state index is 12.8. The summed E-state index contributed by atoms with van der Waals surface area (Å²) >= 11 is 0. The van der Waals surface area contributed by atoms with E-state index in [1.165, 1.54) is 0 Å². The van der Waals surface area contributed by atoms with E-state index in [9.17, 15) is 18.0 Å². The first-order valence-corrected chi connectivity index (χ1v) is 6.96. The number of alkyl halides is 3. The Labute approximate surface area is 126 Å². The summed E-state index contributed by atoms with van der Waals surface area (Å²) in [5, 5.41) is 4.87. The number of hydrogen-bond donors (Lipinski definition) is 2. The van der Waals surface area contributed by atoms with Gasteiger partial charge in [0, 0.05) is 18.2 Å². The molecular formula is C15H16F3N3O. The van der Waals surface area contributed by atoms with Crippen LogP contribution >= 0.6 is 0 Å². The van der Waals surface area contributed by atoms with Crippen molar-refractivity contribution in [2.45, 2.75) is 37.9 Å². The Morgan fingerprint density at radius 3 is 2.77 bits per heavy atom. The van der Waals surface area contributed by atoms with Gasteiger partial charge in [-0.15, -0.1) is 12.3 Å². The lowest BCUT2D eigenvalue weighted by Crippen LogP contribution is -2.43. The molecule has 0 aromatic carbocycles. The number of anilines is 1. The topological polar surface area (TPSA) is 54.0 Å². The lowest BCUT2D eigenvalue weighted by Gasteiger charge is -2.28. The van der Waals surface area contributed by atoms with Crippen LogP contribution in [0.3, 0.4) is 0 Å². The SMILES string of the molecule is C#C[C@@H]1CCCC[C@H]1NC(=O)Nc1cnccc1C(F)(F)F. The number of terminal acetylenes is 1. The molecule has 2 rings (SSSR count). The standard InChI is InChI=1S/C15H16F3N3O/c1-2-10-5-3-4-6-12(10)20-14(22)21-13-9-19-8-7-11(13)15(16,17)18/h1,7-10,12H,3-6H2,(H2,20,21,22)/t10-,12-/m1/s1. The molecule has 2 N–H and O–H groups in total. The zero-order valence-electron chi connectivity index (χ0n) is 11.8. The van der Waals surface area contributed by atoms with Crippen LogP contribution in [-0.4, -0.2) is 17.1 Å². The van der Waals surface area contributed by atoms with E-state index in [4.69, 9.17) is 6.42 Å². The third kappa shape index (κ3) is 3.91. The van der Waals surface area contributed by atoms with E-state index in [-0.39, 0.29) is 17.6 Å². The monoisotopic (exact) mass is 311 g/mol. The fraction of sp³-hybridized carbons (Fsp3) is 0.467. The van der Waals surface area contributed by atoms with Crippen LogP contribution in [-0.2, 0) is 6.18 Å². The van der Waals surface area contributed by atoms with Crippen LogP contribution in [0.2, 0.25) is 0 Å². The van der Waals surface area contributed by atoms with E-state index >= 15 is 0 Å². The first-order valence-electron chi connectivity index (χ1n) is 6.96. The smallest absolute Gasteiger partial charge is 0.334 e. The predicted octanol–water partition coefficient (Wildman–Crippen LogP) is 3.41. The Hall–Kier alpha value is -2.23. The Bertz CT molecular complexity index is 580. The van der Waals surface area contributed by atoms with E-state index in [1.807, 2.05) is 0 Å². The van der Waals surface area contributed by atoms with Crippen molar-refractivity contribution in [3.8, 4) is 12.3 Å². The minimum absolute atomic E-state index is 0.0875. The molecule has 2 atom stereocenters. The van der Waals surface area contributed by atoms with E-state index < -0.39 is 17.8 Å². The summed E-state index contributed by atoms with van der Waals surface area (Å²) in [6, 6.07) is -0.101. The number of hydrogen-bond acceptors (Lipinski definition) is 2. The van der Waals surface area contributed by atoms with E-state index in [0.29, 0.717) is 0 Å². The quantitative estimate of drug-likeness (QED) is 0.822. The zero-order valence-corrected chi connectivity index (χ0v) is 11.8. The third-order valence-corrected chi connectivity index (χ3v) is 3.67. The summed E-state index contributed by atoms with van der Waals surface area (Å²) in [4.78, 5) is 15.6. The van der Waals surface area contributed by atoms with E-state index in [1.54, 1.807) is 0 Å². The zero-order chi connectivity index (χ0) is 16.2. The number of amides is 2. The molecule has 0 radical (unpaired) electrons. The van der Waals surface area contributed by atoms with Gasteiger partial charge in [-0.05, 0) is 18.9 Å². The maximum Gasteiger partial charge on any atom is 0.418 e. The molecule has 0 bridgehead atoms. The van der Waals surface area contributed by atoms with Crippen molar-refractivity contribution in [1.82, 2.24) is 10.3 Å². The number of carbonyl (C=O) groups excluding carboxylic acids is 1. The summed E-state index contributed by atoms with van der Waals surface area (Å²) in [6.07, 6.45) is 6.33. The normalized spacial score (nSPS) is 21.7. The molecule has 0 spiro atoms. The Morgan fingerprint density at radius 1 is 1.36 bits per heavy atom. The first kappa shape index (κ1) is 16.1. The Balaban J connectivity index is 2.05. The molecule has 0 aliphatic heterocycles. The molecule has 7 heteroatoms. The highest BCUT2D eigenvalue weighted by molar-refractivity contribution is 5.90. The second kappa shape index (κ2) is 6.69. The minimum atomic E-state index is -4.56. The third-order valence-electron chi connectivity index (χ3n) is 3.67. The highest BCUT2D eigenvalue weighted by Gasteiger charge is 2.34. The molecule has 1 aliphatic carbocycles. The van der Waals surface area contributed by atoms with Gasteiger partial charge in [0.15, 0.2) is 0 Å². The molecule has 2 amide bonds. The summed E-state index contributed by atoms with van der Waals surface area (Å²) < 4.78 is 38.5. The van der Waals surface area contributed by atoms with Crippen LogP contribution in [0.4, 0.5) is 23.7 Å². The number of nitrogens with zero attached hydrogens (tertiary/aromatic N) is 1. The number of carbonyl (C=O) groups is 1. The van der Waals surface area contributed by atoms with E-state index in [0.717, 1.165) is 44.1 Å². The van der Waals surface area contributed by atoms with Crippen molar-refractivity contribution in [3.05, 3.63) is 24.0 Å². The average molecular weight is 311 g/mol. The molecule has 1 fully saturated rings. The molecule has 0 unspecified atom stereocenters. The van der Waals surface area contributed by atoms with Gasteiger partial charge in [-0.1, -0.05) is 12.8 Å². The molecule has 4 nitrogen and oxygen atoms in total. The molecule has 118 valence electrons. The highest BCUT2D eigenvalue weighted by Crippen LogP contribution is 2.34. The molecule has 1 saturated carbocycles. The summed E-state index contributed by atoms with van der Waals surface area (Å²) in [7, 11) is 0. The molecule has 22 heavy (non-hydrogen) atoms. The van der Waals surface area contributed by atoms with Crippen molar-refractivity contribution >= 4 is 11.7 Å². The maximum atomic E-state index is 12.8. The molecule has 1 aromatic heterocycles. The van der Waals surface area contributed by atoms with Gasteiger partial charge in [-0.3, -0.25) is 4.98 Å². The van der Waals surface area contributed by atoms with Gasteiger partial charge in [-0.2, -0.15) is 13.2 Å². The Morgan fingerprint density at radius 2 is 2.09 bits per heavy atom. The molecular weight excluding hydrogens is 295 g/mol. The fourth-order valence-corrected chi connectivity index (χ4v) is 2.57. The molecule has 1 heterocycles. The number of aromatic nitrogens is 1. The van der Waals surface area contributed by atoms with Gasteiger partial charge < -0.3 is 10.6 Å². The largest absolute Gasteiger partial charge is 0.418 e. The minimum Gasteiger partial charge on any atom is -0.334 e.